The minimum Gasteiger partial charge on any atom is -0.334 e. The van der Waals surface area contributed by atoms with Gasteiger partial charge in [0.05, 0.1) is 40.6 Å². The van der Waals surface area contributed by atoms with E-state index in [9.17, 15) is 4.79 Å². The van der Waals surface area contributed by atoms with Crippen molar-refractivity contribution in [2.75, 3.05) is 0 Å². The van der Waals surface area contributed by atoms with Gasteiger partial charge in [-0.15, -0.1) is 6.42 Å². The molecule has 35 heavy (non-hydrogen) atoms. The number of imidazole rings is 1. The van der Waals surface area contributed by atoms with Gasteiger partial charge in [0.1, 0.15) is 5.69 Å². The van der Waals surface area contributed by atoms with Crippen molar-refractivity contribution in [3.8, 4) is 23.6 Å². The van der Waals surface area contributed by atoms with Gasteiger partial charge in [-0.2, -0.15) is 0 Å². The third-order valence-electron chi connectivity index (χ3n) is 6.03. The van der Waals surface area contributed by atoms with Crippen molar-refractivity contribution in [1.29, 1.82) is 0 Å². The van der Waals surface area contributed by atoms with Gasteiger partial charge in [0.25, 0.3) is 5.56 Å². The zero-order valence-corrected chi connectivity index (χ0v) is 19.7. The third-order valence-corrected chi connectivity index (χ3v) is 6.28. The van der Waals surface area contributed by atoms with E-state index < -0.39 is 5.67 Å². The van der Waals surface area contributed by atoms with Gasteiger partial charge in [-0.1, -0.05) is 35.7 Å². The molecule has 0 saturated carbocycles. The lowest BCUT2D eigenvalue weighted by Gasteiger charge is -2.26. The van der Waals surface area contributed by atoms with Crippen molar-refractivity contribution in [1.82, 2.24) is 24.1 Å². The van der Waals surface area contributed by atoms with Crippen molar-refractivity contribution in [2.45, 2.75) is 5.67 Å². The monoisotopic (exact) mass is 483 g/mol. The molecule has 1 unspecified atom stereocenters. The molecular weight excluding hydrogens is 465 g/mol. The van der Waals surface area contributed by atoms with E-state index in [1.54, 1.807) is 73.3 Å². The summed E-state index contributed by atoms with van der Waals surface area (Å²) >= 11 is 6.08. The van der Waals surface area contributed by atoms with E-state index in [0.29, 0.717) is 44.3 Å². The Bertz CT molecular complexity index is 1680. The van der Waals surface area contributed by atoms with Crippen LogP contribution in [-0.2, 0) is 19.8 Å². The number of halogens is 2. The van der Waals surface area contributed by atoms with Gasteiger partial charge in [-0.3, -0.25) is 4.79 Å². The SMILES string of the molecule is C#Cc1cccc(-c2cc(=O)n(C)c3ccc(C(F)(c4ccc(Cl)cc4)c4cncn4C)nc23)n1. The molecule has 6 nitrogen and oxygen atoms in total. The highest BCUT2D eigenvalue weighted by atomic mass is 35.5. The first-order valence-corrected chi connectivity index (χ1v) is 11.1. The minimum absolute atomic E-state index is 0.129. The summed E-state index contributed by atoms with van der Waals surface area (Å²) in [5.74, 6) is 2.50. The van der Waals surface area contributed by atoms with Crippen molar-refractivity contribution < 1.29 is 4.39 Å². The number of nitrogens with zero attached hydrogens (tertiary/aromatic N) is 5. The number of hydrogen-bond donors (Lipinski definition) is 0. The predicted octanol–water partition coefficient (Wildman–Crippen LogP) is 4.63. The second-order valence-electron chi connectivity index (χ2n) is 8.13. The Balaban J connectivity index is 1.84. The summed E-state index contributed by atoms with van der Waals surface area (Å²) in [6.07, 6.45) is 8.53. The smallest absolute Gasteiger partial charge is 0.251 e. The molecule has 5 aromatic rings. The van der Waals surface area contributed by atoms with Crippen LogP contribution in [0.2, 0.25) is 5.02 Å². The molecule has 8 heteroatoms. The molecule has 4 heterocycles. The summed E-state index contributed by atoms with van der Waals surface area (Å²) in [7, 11) is 3.36. The summed E-state index contributed by atoms with van der Waals surface area (Å²) in [6, 6.07) is 16.4. The highest BCUT2D eigenvalue weighted by Gasteiger charge is 2.41. The number of rotatable bonds is 4. The first kappa shape index (κ1) is 22.5. The van der Waals surface area contributed by atoms with Gasteiger partial charge >= 0.3 is 0 Å². The second kappa shape index (κ2) is 8.49. The zero-order chi connectivity index (χ0) is 24.7. The number of aromatic nitrogens is 5. The first-order chi connectivity index (χ1) is 16.8. The Labute approximate surface area is 205 Å². The van der Waals surface area contributed by atoms with E-state index in [2.05, 4.69) is 15.9 Å². The van der Waals surface area contributed by atoms with E-state index in [-0.39, 0.29) is 11.3 Å². The number of terminal acetylenes is 1. The summed E-state index contributed by atoms with van der Waals surface area (Å²) in [6.45, 7) is 0. The maximum absolute atomic E-state index is 17.3. The van der Waals surface area contributed by atoms with E-state index in [1.807, 2.05) is 0 Å². The topological polar surface area (TPSA) is 65.6 Å². The van der Waals surface area contributed by atoms with Crippen molar-refractivity contribution in [3.63, 3.8) is 0 Å². The molecule has 0 saturated heterocycles. The lowest BCUT2D eigenvalue weighted by molar-refractivity contribution is 0.260. The quantitative estimate of drug-likeness (QED) is 0.350. The molecule has 0 amide bonds. The van der Waals surface area contributed by atoms with E-state index in [0.717, 1.165) is 0 Å². The predicted molar refractivity (Wildman–Crippen MR) is 134 cm³/mol. The fourth-order valence-corrected chi connectivity index (χ4v) is 4.30. The molecule has 0 aliphatic heterocycles. The largest absolute Gasteiger partial charge is 0.334 e. The molecule has 0 aliphatic carbocycles. The number of fused-ring (bicyclic) bond motifs is 1. The highest BCUT2D eigenvalue weighted by Crippen LogP contribution is 2.41. The van der Waals surface area contributed by atoms with Crippen molar-refractivity contribution >= 4 is 22.6 Å². The van der Waals surface area contributed by atoms with Gasteiger partial charge in [-0.05, 0) is 36.4 Å². The van der Waals surface area contributed by atoms with Crippen molar-refractivity contribution in [2.24, 2.45) is 14.1 Å². The summed E-state index contributed by atoms with van der Waals surface area (Å²) in [5, 5.41) is 0.490. The number of pyridine rings is 3. The molecule has 0 aliphatic rings. The van der Waals surface area contributed by atoms with Crippen LogP contribution in [0.4, 0.5) is 4.39 Å². The molecule has 0 fully saturated rings. The second-order valence-corrected chi connectivity index (χ2v) is 8.56. The van der Waals surface area contributed by atoms with Crippen LogP contribution >= 0.6 is 11.6 Å². The number of aryl methyl sites for hydroxylation is 2. The Morgan fingerprint density at radius 1 is 1.06 bits per heavy atom. The van der Waals surface area contributed by atoms with Gasteiger partial charge < -0.3 is 9.13 Å². The van der Waals surface area contributed by atoms with Gasteiger partial charge in [0, 0.05) is 36.3 Å². The molecule has 1 atom stereocenters. The average molecular weight is 484 g/mol. The Morgan fingerprint density at radius 3 is 2.51 bits per heavy atom. The van der Waals surface area contributed by atoms with Crippen LogP contribution in [0.15, 0.2) is 78.0 Å². The van der Waals surface area contributed by atoms with E-state index >= 15 is 4.39 Å². The molecule has 172 valence electrons. The van der Waals surface area contributed by atoms with Crippen molar-refractivity contribution in [3.05, 3.63) is 111 Å². The van der Waals surface area contributed by atoms with Crippen LogP contribution in [0.25, 0.3) is 22.3 Å². The first-order valence-electron chi connectivity index (χ1n) is 10.7. The van der Waals surface area contributed by atoms with Gasteiger partial charge in [0.15, 0.2) is 0 Å². The van der Waals surface area contributed by atoms with Crippen LogP contribution in [0, 0.1) is 12.3 Å². The third kappa shape index (κ3) is 3.69. The Hall–Kier alpha value is -4.28. The zero-order valence-electron chi connectivity index (χ0n) is 18.9. The number of hydrogen-bond acceptors (Lipinski definition) is 4. The van der Waals surface area contributed by atoms with Crippen LogP contribution < -0.4 is 5.56 Å². The van der Waals surface area contributed by atoms with Crippen LogP contribution in [0.5, 0.6) is 0 Å². The standard InChI is InChI=1S/C27H19ClFN5O/c1-4-19-6-5-7-21(31-19)20-14-25(35)34(3)22-12-13-23(32-26(20)22)27(29,24-15-30-16-33(24)2)17-8-10-18(28)11-9-17/h1,5-16H,2-3H3. The number of alkyl halides is 1. The van der Waals surface area contributed by atoms with Gasteiger partial charge in [0.2, 0.25) is 5.67 Å². The molecule has 0 N–H and O–H groups in total. The molecule has 0 spiro atoms. The van der Waals surface area contributed by atoms with Crippen LogP contribution in [-0.4, -0.2) is 24.1 Å². The fourth-order valence-electron chi connectivity index (χ4n) is 4.18. The maximum atomic E-state index is 17.3. The average Bonchev–Trinajstić information content (AvgIpc) is 3.32. The van der Waals surface area contributed by atoms with Gasteiger partial charge in [-0.25, -0.2) is 19.3 Å². The van der Waals surface area contributed by atoms with Crippen LogP contribution in [0.3, 0.4) is 0 Å². The summed E-state index contributed by atoms with van der Waals surface area (Å²) < 4.78 is 20.4. The maximum Gasteiger partial charge on any atom is 0.251 e. The molecular formula is C27H19ClFN5O. The molecule has 0 bridgehead atoms. The van der Waals surface area contributed by atoms with E-state index in [4.69, 9.17) is 23.0 Å². The lowest BCUT2D eigenvalue weighted by Crippen LogP contribution is -2.28. The van der Waals surface area contributed by atoms with E-state index in [1.165, 1.54) is 23.2 Å². The minimum atomic E-state index is -2.15. The summed E-state index contributed by atoms with van der Waals surface area (Å²) in [5.41, 5.74) is 0.691. The molecule has 0 radical (unpaired) electrons. The normalized spacial score (nSPS) is 12.9. The van der Waals surface area contributed by atoms with Crippen LogP contribution in [0.1, 0.15) is 22.6 Å². The molecule has 5 rings (SSSR count). The number of benzene rings is 1. The Morgan fingerprint density at radius 2 is 1.83 bits per heavy atom. The lowest BCUT2D eigenvalue weighted by atomic mass is 9.88. The highest BCUT2D eigenvalue weighted by molar-refractivity contribution is 6.30. The molecule has 1 aromatic carbocycles. The Kier molecular flexibility index (Phi) is 5.46. The molecule has 4 aromatic heterocycles. The summed E-state index contributed by atoms with van der Waals surface area (Å²) in [4.78, 5) is 26.1. The fraction of sp³-hybridized carbons (Fsp3) is 0.111.